The van der Waals surface area contributed by atoms with Crippen molar-refractivity contribution in [3.63, 3.8) is 0 Å². The maximum absolute atomic E-state index is 13.5. The Morgan fingerprint density at radius 2 is 1.94 bits per heavy atom. The van der Waals surface area contributed by atoms with Gasteiger partial charge in [0.15, 0.2) is 0 Å². The summed E-state index contributed by atoms with van der Waals surface area (Å²) in [4.78, 5) is 58.1. The summed E-state index contributed by atoms with van der Waals surface area (Å²) < 4.78 is 5.66. The van der Waals surface area contributed by atoms with Gasteiger partial charge in [-0.25, -0.2) is 14.5 Å². The number of hydrogen-bond acceptors (Lipinski definition) is 6. The van der Waals surface area contributed by atoms with Crippen molar-refractivity contribution in [2.24, 2.45) is 0 Å². The second-order valence-electron chi connectivity index (χ2n) is 9.19. The molecule has 1 aromatic carbocycles. The summed E-state index contributed by atoms with van der Waals surface area (Å²) in [7, 11) is 1.52. The van der Waals surface area contributed by atoms with Gasteiger partial charge < -0.3 is 20.3 Å². The van der Waals surface area contributed by atoms with Crippen molar-refractivity contribution in [2.75, 3.05) is 18.9 Å². The number of fused-ring (bicyclic) bond motifs is 2. The van der Waals surface area contributed by atoms with Crippen LogP contribution in [-0.2, 0) is 26.3 Å². The van der Waals surface area contributed by atoms with E-state index in [1.807, 2.05) is 19.1 Å². The van der Waals surface area contributed by atoms with Crippen LogP contribution in [-0.4, -0.2) is 58.4 Å². The van der Waals surface area contributed by atoms with Crippen molar-refractivity contribution in [3.05, 3.63) is 59.4 Å². The molecule has 2 unspecified atom stereocenters. The highest BCUT2D eigenvalue weighted by molar-refractivity contribution is 6.06. The SMILES string of the molecule is CNC(=O)Nc1ccc2c(c1)CCC21OC(=O)N(CC(=O)N2C(c3ccncc3)CC[C@@H]2C)C1=O. The van der Waals surface area contributed by atoms with E-state index >= 15 is 0 Å². The highest BCUT2D eigenvalue weighted by Gasteiger charge is 2.58. The molecule has 1 aromatic heterocycles. The minimum atomic E-state index is -1.43. The van der Waals surface area contributed by atoms with Crippen LogP contribution < -0.4 is 10.6 Å². The lowest BCUT2D eigenvalue weighted by Gasteiger charge is -2.30. The van der Waals surface area contributed by atoms with Crippen LogP contribution in [0.5, 0.6) is 0 Å². The molecule has 10 nitrogen and oxygen atoms in total. The summed E-state index contributed by atoms with van der Waals surface area (Å²) in [6.07, 6.45) is 5.02. The Hall–Kier alpha value is -3.95. The average molecular weight is 478 g/mol. The Bertz CT molecular complexity index is 1200. The van der Waals surface area contributed by atoms with Gasteiger partial charge in [0.1, 0.15) is 6.54 Å². The number of likely N-dealkylation sites (tertiary alicyclic amines) is 1. The zero-order valence-electron chi connectivity index (χ0n) is 19.6. The Labute approximate surface area is 202 Å². The van der Waals surface area contributed by atoms with Gasteiger partial charge in [-0.15, -0.1) is 0 Å². The van der Waals surface area contributed by atoms with Gasteiger partial charge in [-0.05, 0) is 61.6 Å². The average Bonchev–Trinajstić information content (AvgIpc) is 3.49. The third-order valence-corrected chi connectivity index (χ3v) is 7.18. The number of imide groups is 1. The fourth-order valence-electron chi connectivity index (χ4n) is 5.46. The molecule has 1 aliphatic carbocycles. The normalized spacial score (nSPS) is 25.1. The minimum Gasteiger partial charge on any atom is -0.427 e. The van der Waals surface area contributed by atoms with E-state index in [0.717, 1.165) is 28.9 Å². The van der Waals surface area contributed by atoms with Crippen LogP contribution in [0.2, 0.25) is 0 Å². The van der Waals surface area contributed by atoms with Crippen LogP contribution >= 0.6 is 0 Å². The van der Waals surface area contributed by atoms with E-state index in [1.165, 1.54) is 7.05 Å². The summed E-state index contributed by atoms with van der Waals surface area (Å²) in [5.41, 5.74) is 1.54. The molecule has 0 radical (unpaired) electrons. The Kier molecular flexibility index (Phi) is 5.66. The first kappa shape index (κ1) is 22.8. The van der Waals surface area contributed by atoms with Crippen LogP contribution in [0.4, 0.5) is 15.3 Å². The molecule has 2 aliphatic heterocycles. The monoisotopic (exact) mass is 477 g/mol. The summed E-state index contributed by atoms with van der Waals surface area (Å²) in [5, 5.41) is 5.19. The number of nitrogens with one attached hydrogen (secondary N) is 2. The van der Waals surface area contributed by atoms with Crippen molar-refractivity contribution in [1.29, 1.82) is 0 Å². The number of urea groups is 1. The number of carbonyl (C=O) groups is 4. The maximum atomic E-state index is 13.5. The van der Waals surface area contributed by atoms with Gasteiger partial charge in [-0.3, -0.25) is 14.6 Å². The summed E-state index contributed by atoms with van der Waals surface area (Å²) in [6, 6.07) is 8.43. The molecule has 3 aliphatic rings. The second-order valence-corrected chi connectivity index (χ2v) is 9.19. The van der Waals surface area contributed by atoms with Gasteiger partial charge in [0, 0.05) is 43.2 Å². The Morgan fingerprint density at radius 1 is 1.17 bits per heavy atom. The van der Waals surface area contributed by atoms with Crippen molar-refractivity contribution in [1.82, 2.24) is 20.1 Å². The van der Waals surface area contributed by atoms with Gasteiger partial charge >= 0.3 is 12.1 Å². The van der Waals surface area contributed by atoms with Gasteiger partial charge in [-0.1, -0.05) is 6.07 Å². The number of benzene rings is 1. The van der Waals surface area contributed by atoms with E-state index in [9.17, 15) is 19.2 Å². The molecule has 1 spiro atoms. The number of nitrogens with zero attached hydrogens (tertiary/aromatic N) is 3. The summed E-state index contributed by atoms with van der Waals surface area (Å²) >= 11 is 0. The fourth-order valence-corrected chi connectivity index (χ4v) is 5.46. The first-order valence-corrected chi connectivity index (χ1v) is 11.7. The number of anilines is 1. The van der Waals surface area contributed by atoms with E-state index in [2.05, 4.69) is 15.6 Å². The number of aromatic nitrogens is 1. The minimum absolute atomic E-state index is 0.0122. The predicted molar refractivity (Wildman–Crippen MR) is 125 cm³/mol. The van der Waals surface area contributed by atoms with Gasteiger partial charge in [0.2, 0.25) is 11.5 Å². The summed E-state index contributed by atoms with van der Waals surface area (Å²) in [5.74, 6) is -0.809. The van der Waals surface area contributed by atoms with E-state index in [-0.39, 0.29) is 30.6 Å². The molecular weight excluding hydrogens is 450 g/mol. The number of pyridine rings is 1. The molecule has 182 valence electrons. The van der Waals surface area contributed by atoms with Crippen LogP contribution in [0, 0.1) is 0 Å². The number of amides is 5. The number of rotatable bonds is 4. The molecule has 3 atom stereocenters. The molecule has 2 saturated heterocycles. The Morgan fingerprint density at radius 3 is 2.69 bits per heavy atom. The molecule has 10 heteroatoms. The van der Waals surface area contributed by atoms with Crippen molar-refractivity contribution < 1.29 is 23.9 Å². The van der Waals surface area contributed by atoms with E-state index in [0.29, 0.717) is 24.1 Å². The third-order valence-electron chi connectivity index (χ3n) is 7.18. The lowest BCUT2D eigenvalue weighted by molar-refractivity contribution is -0.143. The molecule has 2 aromatic rings. The molecule has 0 bridgehead atoms. The number of carbonyl (C=O) groups excluding carboxylic acids is 4. The molecular formula is C25H27N5O5. The number of ether oxygens (including phenoxy) is 1. The first-order valence-electron chi connectivity index (χ1n) is 11.7. The molecule has 3 heterocycles. The van der Waals surface area contributed by atoms with Crippen LogP contribution in [0.1, 0.15) is 48.9 Å². The predicted octanol–water partition coefficient (Wildman–Crippen LogP) is 2.71. The van der Waals surface area contributed by atoms with E-state index in [4.69, 9.17) is 4.74 Å². The van der Waals surface area contributed by atoms with Crippen molar-refractivity contribution in [3.8, 4) is 0 Å². The Balaban J connectivity index is 1.36. The molecule has 35 heavy (non-hydrogen) atoms. The van der Waals surface area contributed by atoms with E-state index in [1.54, 1.807) is 35.5 Å². The van der Waals surface area contributed by atoms with E-state index < -0.39 is 17.6 Å². The largest absolute Gasteiger partial charge is 0.427 e. The quantitative estimate of drug-likeness (QED) is 0.699. The van der Waals surface area contributed by atoms with Gasteiger partial charge in [-0.2, -0.15) is 0 Å². The number of aryl methyl sites for hydroxylation is 1. The highest BCUT2D eigenvalue weighted by atomic mass is 16.6. The van der Waals surface area contributed by atoms with Crippen molar-refractivity contribution in [2.45, 2.75) is 50.3 Å². The fraction of sp³-hybridized carbons (Fsp3) is 0.400. The maximum Gasteiger partial charge on any atom is 0.418 e. The van der Waals surface area contributed by atoms with Crippen LogP contribution in [0.15, 0.2) is 42.7 Å². The molecule has 0 saturated carbocycles. The zero-order valence-corrected chi connectivity index (χ0v) is 19.6. The van der Waals surface area contributed by atoms with Gasteiger partial charge in [0.25, 0.3) is 5.91 Å². The standard InChI is InChI=1S/C25H27N5O5/c1-15-3-6-20(16-8-11-27-12-9-16)30(15)21(31)14-29-22(32)25(35-24(29)34)10-7-17-13-18(4-5-19(17)25)28-23(33)26-2/h4-5,8-9,11-13,15,20H,3,6-7,10,14H2,1-2H3,(H2,26,28,33)/t15-,20?,25?/m0/s1. The second kappa shape index (κ2) is 8.68. The lowest BCUT2D eigenvalue weighted by atomic mass is 9.94. The third kappa shape index (κ3) is 3.78. The topological polar surface area (TPSA) is 121 Å². The summed E-state index contributed by atoms with van der Waals surface area (Å²) in [6.45, 7) is 1.61. The molecule has 2 N–H and O–H groups in total. The van der Waals surface area contributed by atoms with Gasteiger partial charge in [0.05, 0.1) is 6.04 Å². The van der Waals surface area contributed by atoms with Crippen LogP contribution in [0.3, 0.4) is 0 Å². The zero-order chi connectivity index (χ0) is 24.7. The molecule has 5 amide bonds. The first-order chi connectivity index (χ1) is 16.8. The smallest absolute Gasteiger partial charge is 0.418 e. The van der Waals surface area contributed by atoms with Crippen molar-refractivity contribution >= 4 is 29.6 Å². The molecule has 2 fully saturated rings. The highest BCUT2D eigenvalue weighted by Crippen LogP contribution is 2.46. The van der Waals surface area contributed by atoms with Crippen LogP contribution in [0.25, 0.3) is 0 Å². The number of hydrogen-bond donors (Lipinski definition) is 2. The lowest BCUT2D eigenvalue weighted by Crippen LogP contribution is -2.46. The molecule has 5 rings (SSSR count).